The Hall–Kier alpha value is -1.81. The van der Waals surface area contributed by atoms with E-state index >= 15 is 0 Å². The average molecular weight is 359 g/mol. The van der Waals surface area contributed by atoms with Crippen LogP contribution in [0.25, 0.3) is 0 Å². The normalized spacial score (nSPS) is 17.8. The third-order valence-corrected chi connectivity index (χ3v) is 4.76. The number of nitrogens with one attached hydrogen (secondary N) is 1. The highest BCUT2D eigenvalue weighted by molar-refractivity contribution is 5.90. The summed E-state index contributed by atoms with van der Waals surface area (Å²) < 4.78 is 5.67. The van der Waals surface area contributed by atoms with E-state index in [9.17, 15) is 4.79 Å². The maximum absolute atomic E-state index is 12.8. The molecule has 0 heterocycles. The molecule has 0 radical (unpaired) electrons. The van der Waals surface area contributed by atoms with Crippen LogP contribution in [0.1, 0.15) is 65.4 Å². The van der Waals surface area contributed by atoms with Gasteiger partial charge >= 0.3 is 5.97 Å². The van der Waals surface area contributed by atoms with E-state index in [1.807, 2.05) is 52.0 Å². The number of rotatable bonds is 6. The summed E-state index contributed by atoms with van der Waals surface area (Å²) in [5.74, 6) is 0.271. The second-order valence-corrected chi connectivity index (χ2v) is 8.37. The molecule has 0 saturated heterocycles. The third kappa shape index (κ3) is 6.83. The maximum atomic E-state index is 12.8. The summed E-state index contributed by atoms with van der Waals surface area (Å²) in [5.41, 5.74) is 7.91. The third-order valence-electron chi connectivity index (χ3n) is 4.76. The summed E-state index contributed by atoms with van der Waals surface area (Å²) in [5, 5.41) is 3.46. The number of anilines is 1. The van der Waals surface area contributed by atoms with Gasteiger partial charge in [0.2, 0.25) is 0 Å². The van der Waals surface area contributed by atoms with Gasteiger partial charge in [0, 0.05) is 18.3 Å². The van der Waals surface area contributed by atoms with E-state index in [0.29, 0.717) is 12.5 Å². The van der Waals surface area contributed by atoms with E-state index in [1.165, 1.54) is 19.3 Å². The van der Waals surface area contributed by atoms with Gasteiger partial charge in [0.05, 0.1) is 5.57 Å². The zero-order valence-corrected chi connectivity index (χ0v) is 16.7. The molecule has 1 aromatic carbocycles. The second-order valence-electron chi connectivity index (χ2n) is 8.37. The predicted octanol–water partition coefficient (Wildman–Crippen LogP) is 4.60. The monoisotopic (exact) mass is 358 g/mol. The fraction of sp³-hybridized carbons (Fsp3) is 0.591. The first-order chi connectivity index (χ1) is 12.2. The molecule has 144 valence electrons. The van der Waals surface area contributed by atoms with Gasteiger partial charge in [-0.25, -0.2) is 4.79 Å². The molecule has 4 nitrogen and oxygen atoms in total. The highest BCUT2D eigenvalue weighted by atomic mass is 16.6. The van der Waals surface area contributed by atoms with Gasteiger partial charge in [0.15, 0.2) is 0 Å². The first-order valence-electron chi connectivity index (χ1n) is 9.77. The van der Waals surface area contributed by atoms with Gasteiger partial charge in [-0.3, -0.25) is 0 Å². The summed E-state index contributed by atoms with van der Waals surface area (Å²) in [6, 6.07) is 7.74. The number of hydrogen-bond acceptors (Lipinski definition) is 4. The highest BCUT2D eigenvalue weighted by Gasteiger charge is 2.25. The van der Waals surface area contributed by atoms with Gasteiger partial charge < -0.3 is 15.8 Å². The topological polar surface area (TPSA) is 64.3 Å². The van der Waals surface area contributed by atoms with Crippen LogP contribution in [0.4, 0.5) is 5.69 Å². The summed E-state index contributed by atoms with van der Waals surface area (Å²) in [4.78, 5) is 12.8. The van der Waals surface area contributed by atoms with E-state index in [0.717, 1.165) is 29.7 Å². The lowest BCUT2D eigenvalue weighted by Crippen LogP contribution is -2.35. The largest absolute Gasteiger partial charge is 0.457 e. The Morgan fingerprint density at radius 1 is 1.23 bits per heavy atom. The van der Waals surface area contributed by atoms with Crippen molar-refractivity contribution in [2.75, 3.05) is 5.73 Å². The molecule has 1 fully saturated rings. The molecule has 1 aliphatic carbocycles. The second kappa shape index (κ2) is 9.22. The van der Waals surface area contributed by atoms with Crippen LogP contribution in [0, 0.1) is 5.92 Å². The minimum atomic E-state index is -0.487. The number of ether oxygens (including phenoxy) is 1. The van der Waals surface area contributed by atoms with Crippen molar-refractivity contribution in [3.8, 4) is 0 Å². The molecule has 3 N–H and O–H groups in total. The van der Waals surface area contributed by atoms with E-state index in [2.05, 4.69) is 11.4 Å². The molecule has 0 amide bonds. The molecule has 26 heavy (non-hydrogen) atoms. The minimum Gasteiger partial charge on any atom is -0.457 e. The van der Waals surface area contributed by atoms with E-state index in [1.54, 1.807) is 0 Å². The van der Waals surface area contributed by atoms with Gasteiger partial charge in [-0.2, -0.15) is 0 Å². The lowest BCUT2D eigenvalue weighted by atomic mass is 9.87. The molecule has 1 saturated carbocycles. The van der Waals surface area contributed by atoms with E-state index < -0.39 is 5.60 Å². The molecule has 0 unspecified atom stereocenters. The van der Waals surface area contributed by atoms with Gasteiger partial charge in [-0.05, 0) is 64.2 Å². The number of benzene rings is 1. The molecule has 0 aromatic heterocycles. The highest BCUT2D eigenvalue weighted by Crippen LogP contribution is 2.27. The summed E-state index contributed by atoms with van der Waals surface area (Å²) in [6.07, 6.45) is 8.28. The fourth-order valence-corrected chi connectivity index (χ4v) is 3.30. The van der Waals surface area contributed by atoms with Crippen LogP contribution in [-0.2, 0) is 16.1 Å². The summed E-state index contributed by atoms with van der Waals surface area (Å²) in [6.45, 7) is 8.46. The molecular formula is C22H34N2O2. The lowest BCUT2D eigenvalue weighted by molar-refractivity contribution is -0.150. The molecule has 1 aliphatic rings. The van der Waals surface area contributed by atoms with Crippen molar-refractivity contribution in [3.05, 3.63) is 41.5 Å². The first kappa shape index (κ1) is 20.5. The summed E-state index contributed by atoms with van der Waals surface area (Å²) >= 11 is 0. The van der Waals surface area contributed by atoms with Crippen molar-refractivity contribution in [1.82, 2.24) is 5.32 Å². The van der Waals surface area contributed by atoms with Crippen molar-refractivity contribution in [2.45, 2.75) is 78.0 Å². The lowest BCUT2D eigenvalue weighted by Gasteiger charge is -2.26. The Kier molecular flexibility index (Phi) is 7.27. The van der Waals surface area contributed by atoms with E-state index in [-0.39, 0.29) is 12.0 Å². The maximum Gasteiger partial charge on any atom is 0.335 e. The van der Waals surface area contributed by atoms with Crippen molar-refractivity contribution in [2.24, 2.45) is 5.92 Å². The predicted molar refractivity (Wildman–Crippen MR) is 108 cm³/mol. The number of esters is 1. The number of carbonyl (C=O) groups is 1. The van der Waals surface area contributed by atoms with Crippen molar-refractivity contribution >= 4 is 11.7 Å². The first-order valence-corrected chi connectivity index (χ1v) is 9.77. The Bertz CT molecular complexity index is 608. The van der Waals surface area contributed by atoms with Crippen LogP contribution in [0.2, 0.25) is 0 Å². The van der Waals surface area contributed by atoms with Crippen molar-refractivity contribution < 1.29 is 9.53 Å². The average Bonchev–Trinajstić information content (AvgIpc) is 2.58. The van der Waals surface area contributed by atoms with Crippen LogP contribution in [0.3, 0.4) is 0 Å². The Balaban J connectivity index is 2.08. The van der Waals surface area contributed by atoms with E-state index in [4.69, 9.17) is 10.5 Å². The molecule has 2 rings (SSSR count). The molecule has 0 bridgehead atoms. The van der Waals surface area contributed by atoms with Crippen LogP contribution >= 0.6 is 0 Å². The Labute approximate surface area is 158 Å². The van der Waals surface area contributed by atoms with Gasteiger partial charge in [0.1, 0.15) is 5.60 Å². The van der Waals surface area contributed by atoms with Crippen LogP contribution < -0.4 is 11.1 Å². The quantitative estimate of drug-likeness (QED) is 0.443. The van der Waals surface area contributed by atoms with Crippen LogP contribution in [0.15, 0.2) is 35.9 Å². The van der Waals surface area contributed by atoms with Gasteiger partial charge in [0.25, 0.3) is 0 Å². The van der Waals surface area contributed by atoms with Crippen molar-refractivity contribution in [1.29, 1.82) is 0 Å². The molecule has 4 heteroatoms. The minimum absolute atomic E-state index is 0.0654. The molecule has 0 aliphatic heterocycles. The van der Waals surface area contributed by atoms with Crippen molar-refractivity contribution in [3.63, 3.8) is 0 Å². The standard InChI is InChI=1S/C22H34N2O2/c1-16(24-15-18-10-12-19(23)13-11-18)20(21(25)26-22(2,3)4)14-17-8-6-5-7-9-17/h10-14,16-17,24H,5-9,15,23H2,1-4H3/b20-14+/t16-/m0/s1. The smallest absolute Gasteiger partial charge is 0.335 e. The number of nitrogens with two attached hydrogens (primary N) is 1. The molecular weight excluding hydrogens is 324 g/mol. The molecule has 1 atom stereocenters. The van der Waals surface area contributed by atoms with Gasteiger partial charge in [-0.15, -0.1) is 0 Å². The number of hydrogen-bond donors (Lipinski definition) is 2. The van der Waals surface area contributed by atoms with Crippen LogP contribution in [-0.4, -0.2) is 17.6 Å². The SMILES string of the molecule is C[C@H](NCc1ccc(N)cc1)/C(=C\C1CCCCC1)C(=O)OC(C)(C)C. The fourth-order valence-electron chi connectivity index (χ4n) is 3.30. The van der Waals surface area contributed by atoms with Gasteiger partial charge in [-0.1, -0.05) is 37.5 Å². The zero-order chi connectivity index (χ0) is 19.2. The zero-order valence-electron chi connectivity index (χ0n) is 16.7. The number of allylic oxidation sites excluding steroid dienone is 1. The number of nitrogen functional groups attached to an aromatic ring is 1. The number of carbonyl (C=O) groups excluding carboxylic acids is 1. The Morgan fingerprint density at radius 3 is 2.42 bits per heavy atom. The van der Waals surface area contributed by atoms with Crippen LogP contribution in [0.5, 0.6) is 0 Å². The summed E-state index contributed by atoms with van der Waals surface area (Å²) in [7, 11) is 0. The molecule has 1 aromatic rings. The Morgan fingerprint density at radius 2 is 1.85 bits per heavy atom. The molecule has 0 spiro atoms.